The number of nitrogens with zero attached hydrogens (tertiary/aromatic N) is 1. The summed E-state index contributed by atoms with van der Waals surface area (Å²) in [5, 5.41) is 1.58. The Labute approximate surface area is 121 Å². The number of amides is 1. The lowest BCUT2D eigenvalue weighted by Crippen LogP contribution is -2.40. The molecule has 1 heterocycles. The van der Waals surface area contributed by atoms with Crippen molar-refractivity contribution in [2.45, 2.75) is 38.5 Å². The average Bonchev–Trinajstić information content (AvgIpc) is 2.35. The molecule has 0 aliphatic carbocycles. The number of rotatable bonds is 5. The van der Waals surface area contributed by atoms with E-state index in [0.29, 0.717) is 0 Å². The number of carbonyl (C=O) groups excluding carboxylic acids is 3. The Morgan fingerprint density at radius 2 is 1.90 bits per heavy atom. The fraction of sp³-hybridized carbons (Fsp3) is 0.667. The Morgan fingerprint density at radius 1 is 1.35 bits per heavy atom. The lowest BCUT2D eigenvalue weighted by Gasteiger charge is -2.20. The molecular weight excluding hydrogens is 284 g/mol. The van der Waals surface area contributed by atoms with Crippen molar-refractivity contribution in [1.29, 1.82) is 0 Å². The highest BCUT2D eigenvalue weighted by Gasteiger charge is 2.33. The van der Waals surface area contributed by atoms with Crippen LogP contribution in [0.5, 0.6) is 0 Å². The van der Waals surface area contributed by atoms with Crippen LogP contribution in [0.15, 0.2) is 4.99 Å². The monoisotopic (exact) mass is 302 g/mol. The normalized spacial score (nSPS) is 18.3. The van der Waals surface area contributed by atoms with Gasteiger partial charge in [0.2, 0.25) is 11.2 Å². The zero-order valence-corrected chi connectivity index (χ0v) is 12.5. The largest absolute Gasteiger partial charge is 0.465 e. The number of carbonyl (C=O) groups is 3. The van der Waals surface area contributed by atoms with Crippen LogP contribution in [0, 0.1) is 0 Å². The Kier molecular flexibility index (Phi) is 6.50. The van der Waals surface area contributed by atoms with Crippen LogP contribution in [0.25, 0.3) is 0 Å². The predicted molar refractivity (Wildman–Crippen MR) is 74.3 cm³/mol. The molecule has 1 amide bonds. The molecule has 1 aliphatic rings. The van der Waals surface area contributed by atoms with Crippen LogP contribution in [0.3, 0.4) is 0 Å². The highest BCUT2D eigenvalue weighted by Crippen LogP contribution is 2.19. The minimum absolute atomic E-state index is 0.157. The third kappa shape index (κ3) is 4.84. The molecule has 1 atom stereocenters. The second kappa shape index (κ2) is 7.88. The molecular formula is C12H18N2O5S. The van der Waals surface area contributed by atoms with E-state index in [1.165, 1.54) is 0 Å². The summed E-state index contributed by atoms with van der Waals surface area (Å²) in [6.07, 6.45) is 0.285. The van der Waals surface area contributed by atoms with Gasteiger partial charge in [0, 0.05) is 6.42 Å². The molecule has 0 fully saturated rings. The minimum Gasteiger partial charge on any atom is -0.465 e. The molecule has 8 heteroatoms. The lowest BCUT2D eigenvalue weighted by atomic mass is 10.2. The number of aliphatic imine (C=N–C) groups is 1. The van der Waals surface area contributed by atoms with Crippen LogP contribution >= 0.6 is 11.8 Å². The summed E-state index contributed by atoms with van der Waals surface area (Å²) in [6.45, 7) is 5.39. The van der Waals surface area contributed by atoms with E-state index in [0.717, 1.165) is 11.8 Å². The molecule has 0 radical (unpaired) electrons. The van der Waals surface area contributed by atoms with Crippen LogP contribution in [0.2, 0.25) is 0 Å². The standard InChI is InChI=1S/C12H18N2O5S/c1-4-18-10(16)9(11(17)19-5-2)20-12-13-7(3)6-8(15)14-12/h7,9H,4-6H2,1-3H3,(H,13,14,15). The summed E-state index contributed by atoms with van der Waals surface area (Å²) in [5.41, 5.74) is 0. The zero-order chi connectivity index (χ0) is 15.1. The van der Waals surface area contributed by atoms with Gasteiger partial charge in [-0.05, 0) is 20.8 Å². The van der Waals surface area contributed by atoms with Crippen molar-refractivity contribution in [2.75, 3.05) is 13.2 Å². The number of hydrogen-bond acceptors (Lipinski definition) is 7. The lowest BCUT2D eigenvalue weighted by molar-refractivity contribution is -0.152. The van der Waals surface area contributed by atoms with Gasteiger partial charge in [0.1, 0.15) is 0 Å². The summed E-state index contributed by atoms with van der Waals surface area (Å²) < 4.78 is 9.68. The molecule has 20 heavy (non-hydrogen) atoms. The molecule has 0 aromatic heterocycles. The van der Waals surface area contributed by atoms with E-state index in [-0.39, 0.29) is 36.8 Å². The third-order valence-electron chi connectivity index (χ3n) is 2.30. The maximum atomic E-state index is 11.8. The van der Waals surface area contributed by atoms with Crippen LogP contribution in [-0.4, -0.2) is 47.5 Å². The van der Waals surface area contributed by atoms with Crippen molar-refractivity contribution in [2.24, 2.45) is 4.99 Å². The van der Waals surface area contributed by atoms with Crippen molar-refractivity contribution in [3.05, 3.63) is 0 Å². The van der Waals surface area contributed by atoms with E-state index >= 15 is 0 Å². The third-order valence-corrected chi connectivity index (χ3v) is 3.35. The maximum absolute atomic E-state index is 11.8. The molecule has 0 saturated heterocycles. The number of hydrogen-bond donors (Lipinski definition) is 1. The van der Waals surface area contributed by atoms with Crippen LogP contribution in [0.1, 0.15) is 27.2 Å². The Hall–Kier alpha value is -1.57. The van der Waals surface area contributed by atoms with Crippen LogP contribution in [-0.2, 0) is 23.9 Å². The number of ether oxygens (including phenoxy) is 2. The molecule has 1 aliphatic heterocycles. The topological polar surface area (TPSA) is 94.1 Å². The molecule has 7 nitrogen and oxygen atoms in total. The molecule has 0 spiro atoms. The van der Waals surface area contributed by atoms with Gasteiger partial charge in [-0.3, -0.25) is 19.4 Å². The van der Waals surface area contributed by atoms with Crippen molar-refractivity contribution in [1.82, 2.24) is 5.32 Å². The van der Waals surface area contributed by atoms with Gasteiger partial charge in [-0.25, -0.2) is 0 Å². The second-order valence-corrected chi connectivity index (χ2v) is 5.13. The van der Waals surface area contributed by atoms with E-state index in [4.69, 9.17) is 9.47 Å². The van der Waals surface area contributed by atoms with Crippen molar-refractivity contribution >= 4 is 34.8 Å². The van der Waals surface area contributed by atoms with E-state index in [2.05, 4.69) is 10.3 Å². The molecule has 1 rings (SSSR count). The first-order valence-corrected chi connectivity index (χ1v) is 7.23. The molecule has 0 saturated carbocycles. The summed E-state index contributed by atoms with van der Waals surface area (Å²) in [5.74, 6) is -1.60. The van der Waals surface area contributed by atoms with Gasteiger partial charge < -0.3 is 14.8 Å². The summed E-state index contributed by atoms with van der Waals surface area (Å²) >= 11 is 0.838. The maximum Gasteiger partial charge on any atom is 0.331 e. The van der Waals surface area contributed by atoms with Gasteiger partial charge in [0.15, 0.2) is 5.17 Å². The van der Waals surface area contributed by atoms with Crippen LogP contribution in [0.4, 0.5) is 0 Å². The van der Waals surface area contributed by atoms with Gasteiger partial charge in [0.25, 0.3) is 0 Å². The van der Waals surface area contributed by atoms with Crippen molar-refractivity contribution in [3.8, 4) is 0 Å². The number of thioether (sulfide) groups is 1. The SMILES string of the molecule is CCOC(=O)C(SC1=NC(C)CC(=O)N1)C(=O)OCC. The summed E-state index contributed by atoms with van der Waals surface area (Å²) in [6, 6.07) is -0.184. The van der Waals surface area contributed by atoms with E-state index < -0.39 is 17.2 Å². The molecule has 1 unspecified atom stereocenters. The van der Waals surface area contributed by atoms with Crippen molar-refractivity contribution < 1.29 is 23.9 Å². The van der Waals surface area contributed by atoms with E-state index in [9.17, 15) is 14.4 Å². The number of amidine groups is 1. The van der Waals surface area contributed by atoms with E-state index in [1.807, 2.05) is 0 Å². The average molecular weight is 302 g/mol. The minimum atomic E-state index is -1.18. The predicted octanol–water partition coefficient (Wildman–Crippen LogP) is 0.479. The quantitative estimate of drug-likeness (QED) is 0.586. The number of esters is 2. The Bertz CT molecular complexity index is 406. The fourth-order valence-corrected chi connectivity index (χ4v) is 2.48. The fourth-order valence-electron chi connectivity index (χ4n) is 1.52. The molecule has 0 bridgehead atoms. The van der Waals surface area contributed by atoms with Crippen molar-refractivity contribution in [3.63, 3.8) is 0 Å². The number of nitrogens with one attached hydrogen (secondary N) is 1. The first-order chi connectivity index (χ1) is 9.47. The van der Waals surface area contributed by atoms with Gasteiger partial charge >= 0.3 is 11.9 Å². The summed E-state index contributed by atoms with van der Waals surface area (Å²) in [4.78, 5) is 39.2. The summed E-state index contributed by atoms with van der Waals surface area (Å²) in [7, 11) is 0. The zero-order valence-electron chi connectivity index (χ0n) is 11.7. The molecule has 112 valence electrons. The second-order valence-electron chi connectivity index (χ2n) is 4.04. The van der Waals surface area contributed by atoms with Gasteiger partial charge in [-0.15, -0.1) is 0 Å². The highest BCUT2D eigenvalue weighted by molar-refractivity contribution is 8.15. The van der Waals surface area contributed by atoms with Gasteiger partial charge in [-0.2, -0.15) is 0 Å². The molecule has 0 aromatic rings. The molecule has 0 aromatic carbocycles. The van der Waals surface area contributed by atoms with Gasteiger partial charge in [0.05, 0.1) is 19.3 Å². The highest BCUT2D eigenvalue weighted by atomic mass is 32.2. The smallest absolute Gasteiger partial charge is 0.331 e. The van der Waals surface area contributed by atoms with E-state index in [1.54, 1.807) is 20.8 Å². The first-order valence-electron chi connectivity index (χ1n) is 6.35. The van der Waals surface area contributed by atoms with Crippen LogP contribution < -0.4 is 5.32 Å². The van der Waals surface area contributed by atoms with Gasteiger partial charge in [-0.1, -0.05) is 11.8 Å². The Balaban J connectivity index is 2.80. The first kappa shape index (κ1) is 16.5. The molecule has 1 N–H and O–H groups in total. The Morgan fingerprint density at radius 3 is 2.35 bits per heavy atom.